The molecule has 0 aliphatic carbocycles. The number of carbonyl (C=O) groups excluding carboxylic acids is 1. The van der Waals surface area contributed by atoms with Crippen molar-refractivity contribution in [3.63, 3.8) is 0 Å². The van der Waals surface area contributed by atoms with E-state index in [2.05, 4.69) is 4.98 Å². The summed E-state index contributed by atoms with van der Waals surface area (Å²) in [5, 5.41) is 0. The molecule has 0 N–H and O–H groups in total. The largest absolute Gasteiger partial charge is 0.497 e. The van der Waals surface area contributed by atoms with Gasteiger partial charge in [0.2, 0.25) is 5.78 Å². The van der Waals surface area contributed by atoms with E-state index >= 15 is 0 Å². The molecule has 2 rings (SSSR count). The van der Waals surface area contributed by atoms with Gasteiger partial charge < -0.3 is 4.74 Å². The molecule has 2 aromatic rings. The van der Waals surface area contributed by atoms with Crippen LogP contribution >= 0.6 is 0 Å². The lowest BCUT2D eigenvalue weighted by molar-refractivity contribution is -0.137. The van der Waals surface area contributed by atoms with Crippen LogP contribution in [0.25, 0.3) is 0 Å². The Balaban J connectivity index is 2.32. The SMILES string of the molecule is COc1ccc(C(=O)c2ccc(C(F)(F)F)cn2)c(F)c1. The molecule has 0 saturated carbocycles. The number of methoxy groups -OCH3 is 1. The summed E-state index contributed by atoms with van der Waals surface area (Å²) in [5.41, 5.74) is -1.54. The summed E-state index contributed by atoms with van der Waals surface area (Å²) in [6.45, 7) is 0. The maximum absolute atomic E-state index is 13.7. The second-order valence-electron chi connectivity index (χ2n) is 4.10. The van der Waals surface area contributed by atoms with Gasteiger partial charge in [0.1, 0.15) is 17.3 Å². The number of carbonyl (C=O) groups is 1. The molecule has 21 heavy (non-hydrogen) atoms. The standard InChI is InChI=1S/C14H9F4NO2/c1-21-9-3-4-10(11(15)6-9)13(20)12-5-2-8(7-19-12)14(16,17)18/h2-7H,1H3. The quantitative estimate of drug-likeness (QED) is 0.643. The maximum Gasteiger partial charge on any atom is 0.417 e. The molecule has 0 bridgehead atoms. The van der Waals surface area contributed by atoms with Gasteiger partial charge in [0.25, 0.3) is 0 Å². The van der Waals surface area contributed by atoms with E-state index in [-0.39, 0.29) is 17.0 Å². The summed E-state index contributed by atoms with van der Waals surface area (Å²) in [6, 6.07) is 5.21. The Labute approximate surface area is 117 Å². The first-order valence-corrected chi connectivity index (χ1v) is 5.74. The van der Waals surface area contributed by atoms with Crippen LogP contribution in [0.4, 0.5) is 17.6 Å². The molecule has 1 aromatic carbocycles. The van der Waals surface area contributed by atoms with Crippen molar-refractivity contribution in [3.8, 4) is 5.75 Å². The molecular formula is C14H9F4NO2. The van der Waals surface area contributed by atoms with Crippen LogP contribution in [0.2, 0.25) is 0 Å². The van der Waals surface area contributed by atoms with Crippen molar-refractivity contribution in [2.75, 3.05) is 7.11 Å². The zero-order valence-corrected chi connectivity index (χ0v) is 10.7. The van der Waals surface area contributed by atoms with E-state index in [0.717, 1.165) is 18.2 Å². The van der Waals surface area contributed by atoms with E-state index in [1.54, 1.807) is 0 Å². The molecule has 1 heterocycles. The molecule has 0 amide bonds. The van der Waals surface area contributed by atoms with E-state index in [0.29, 0.717) is 6.20 Å². The molecule has 3 nitrogen and oxygen atoms in total. The number of alkyl halides is 3. The normalized spacial score (nSPS) is 11.3. The van der Waals surface area contributed by atoms with Crippen molar-refractivity contribution in [2.24, 2.45) is 0 Å². The van der Waals surface area contributed by atoms with E-state index in [1.807, 2.05) is 0 Å². The first-order valence-electron chi connectivity index (χ1n) is 5.74. The van der Waals surface area contributed by atoms with Crippen LogP contribution in [0.3, 0.4) is 0 Å². The van der Waals surface area contributed by atoms with Crippen LogP contribution in [0.15, 0.2) is 36.5 Å². The van der Waals surface area contributed by atoms with Gasteiger partial charge in [0.15, 0.2) is 0 Å². The van der Waals surface area contributed by atoms with E-state index in [1.165, 1.54) is 19.2 Å². The number of hydrogen-bond donors (Lipinski definition) is 0. The Morgan fingerprint density at radius 2 is 1.90 bits per heavy atom. The summed E-state index contributed by atoms with van der Waals surface area (Å²) >= 11 is 0. The number of hydrogen-bond acceptors (Lipinski definition) is 3. The number of rotatable bonds is 3. The Morgan fingerprint density at radius 1 is 1.19 bits per heavy atom. The van der Waals surface area contributed by atoms with Crippen molar-refractivity contribution in [1.82, 2.24) is 4.98 Å². The van der Waals surface area contributed by atoms with Crippen LogP contribution in [0.1, 0.15) is 21.6 Å². The molecule has 0 atom stereocenters. The minimum absolute atomic E-state index is 0.226. The van der Waals surface area contributed by atoms with E-state index < -0.39 is 23.3 Å². The zero-order chi connectivity index (χ0) is 15.6. The van der Waals surface area contributed by atoms with Crippen LogP contribution in [0, 0.1) is 5.82 Å². The lowest BCUT2D eigenvalue weighted by Crippen LogP contribution is -2.10. The highest BCUT2D eigenvalue weighted by Gasteiger charge is 2.31. The molecule has 7 heteroatoms. The smallest absolute Gasteiger partial charge is 0.417 e. The molecule has 0 aliphatic heterocycles. The number of nitrogens with zero attached hydrogens (tertiary/aromatic N) is 1. The van der Waals surface area contributed by atoms with Gasteiger partial charge in [-0.05, 0) is 24.3 Å². The number of ether oxygens (including phenoxy) is 1. The van der Waals surface area contributed by atoms with Crippen molar-refractivity contribution in [1.29, 1.82) is 0 Å². The van der Waals surface area contributed by atoms with Crippen LogP contribution in [-0.4, -0.2) is 17.9 Å². The van der Waals surface area contributed by atoms with Crippen molar-refractivity contribution < 1.29 is 27.1 Å². The van der Waals surface area contributed by atoms with Gasteiger partial charge in [-0.1, -0.05) is 0 Å². The third kappa shape index (κ3) is 3.18. The highest BCUT2D eigenvalue weighted by molar-refractivity contribution is 6.07. The molecule has 0 unspecified atom stereocenters. The molecular weight excluding hydrogens is 290 g/mol. The summed E-state index contributed by atoms with van der Waals surface area (Å²) in [5.74, 6) is -1.41. The van der Waals surface area contributed by atoms with E-state index in [9.17, 15) is 22.4 Å². The Kier molecular flexibility index (Phi) is 3.93. The summed E-state index contributed by atoms with van der Waals surface area (Å²) < 4.78 is 55.7. The summed E-state index contributed by atoms with van der Waals surface area (Å²) in [7, 11) is 1.34. The minimum atomic E-state index is -4.54. The van der Waals surface area contributed by atoms with Crippen molar-refractivity contribution in [2.45, 2.75) is 6.18 Å². The van der Waals surface area contributed by atoms with Gasteiger partial charge >= 0.3 is 6.18 Å². The Morgan fingerprint density at radius 3 is 2.38 bits per heavy atom. The number of ketones is 1. The number of pyridine rings is 1. The average molecular weight is 299 g/mol. The molecule has 0 radical (unpaired) electrons. The number of halogens is 4. The fourth-order valence-corrected chi connectivity index (χ4v) is 1.64. The highest BCUT2D eigenvalue weighted by Crippen LogP contribution is 2.28. The van der Waals surface area contributed by atoms with Gasteiger partial charge in [-0.3, -0.25) is 9.78 Å². The van der Waals surface area contributed by atoms with Gasteiger partial charge in [0, 0.05) is 12.3 Å². The van der Waals surface area contributed by atoms with Crippen LogP contribution in [0.5, 0.6) is 5.75 Å². The molecule has 0 aliphatic rings. The second-order valence-corrected chi connectivity index (χ2v) is 4.10. The second kappa shape index (κ2) is 5.51. The average Bonchev–Trinajstić information content (AvgIpc) is 2.45. The predicted octanol–water partition coefficient (Wildman–Crippen LogP) is 3.48. The first kappa shape index (κ1) is 15.0. The molecule has 0 spiro atoms. The van der Waals surface area contributed by atoms with Crippen LogP contribution in [-0.2, 0) is 6.18 Å². The van der Waals surface area contributed by atoms with Gasteiger partial charge in [0.05, 0.1) is 18.2 Å². The zero-order valence-electron chi connectivity index (χ0n) is 10.7. The van der Waals surface area contributed by atoms with Gasteiger partial charge in [-0.15, -0.1) is 0 Å². The Bertz CT molecular complexity index is 666. The number of benzene rings is 1. The molecule has 110 valence electrons. The van der Waals surface area contributed by atoms with E-state index in [4.69, 9.17) is 4.74 Å². The topological polar surface area (TPSA) is 39.2 Å². The van der Waals surface area contributed by atoms with Crippen molar-refractivity contribution in [3.05, 3.63) is 59.2 Å². The summed E-state index contributed by atoms with van der Waals surface area (Å²) in [4.78, 5) is 15.4. The minimum Gasteiger partial charge on any atom is -0.497 e. The Hall–Kier alpha value is -2.44. The number of aromatic nitrogens is 1. The third-order valence-corrected chi connectivity index (χ3v) is 2.74. The third-order valence-electron chi connectivity index (χ3n) is 2.74. The first-order chi connectivity index (χ1) is 9.82. The maximum atomic E-state index is 13.7. The molecule has 0 fully saturated rings. The monoisotopic (exact) mass is 299 g/mol. The van der Waals surface area contributed by atoms with Gasteiger partial charge in [-0.25, -0.2) is 4.39 Å². The van der Waals surface area contributed by atoms with Gasteiger partial charge in [-0.2, -0.15) is 13.2 Å². The fourth-order valence-electron chi connectivity index (χ4n) is 1.64. The molecule has 1 aromatic heterocycles. The lowest BCUT2D eigenvalue weighted by atomic mass is 10.1. The fraction of sp³-hybridized carbons (Fsp3) is 0.143. The molecule has 0 saturated heterocycles. The highest BCUT2D eigenvalue weighted by atomic mass is 19.4. The van der Waals surface area contributed by atoms with Crippen molar-refractivity contribution >= 4 is 5.78 Å². The summed E-state index contributed by atoms with van der Waals surface area (Å²) in [6.07, 6.45) is -4.01. The lowest BCUT2D eigenvalue weighted by Gasteiger charge is -2.07. The van der Waals surface area contributed by atoms with Crippen LogP contribution < -0.4 is 4.74 Å². The predicted molar refractivity (Wildman–Crippen MR) is 65.6 cm³/mol.